The van der Waals surface area contributed by atoms with E-state index in [2.05, 4.69) is 15.4 Å². The molecule has 1 unspecified atom stereocenters. The van der Waals surface area contributed by atoms with E-state index in [4.69, 9.17) is 0 Å². The van der Waals surface area contributed by atoms with Crippen molar-refractivity contribution in [1.82, 2.24) is 5.32 Å². The third-order valence-corrected chi connectivity index (χ3v) is 3.42. The highest BCUT2D eigenvalue weighted by Crippen LogP contribution is 2.30. The van der Waals surface area contributed by atoms with Crippen LogP contribution in [0, 0.1) is 5.92 Å². The number of rotatable bonds is 6. The summed E-state index contributed by atoms with van der Waals surface area (Å²) in [6.07, 6.45) is 1.97. The molecule has 1 atom stereocenters. The van der Waals surface area contributed by atoms with Crippen molar-refractivity contribution in [3.63, 3.8) is 0 Å². The van der Waals surface area contributed by atoms with Gasteiger partial charge in [0, 0.05) is 23.2 Å². The molecule has 1 aliphatic carbocycles. The van der Waals surface area contributed by atoms with Crippen LogP contribution < -0.4 is 10.6 Å². The van der Waals surface area contributed by atoms with Gasteiger partial charge in [-0.15, -0.1) is 0 Å². The molecule has 2 N–H and O–H groups in total. The van der Waals surface area contributed by atoms with Crippen molar-refractivity contribution in [2.24, 2.45) is 5.92 Å². The fraction of sp³-hybridized carbons (Fsp3) is 0.438. The molecule has 118 valence electrons. The van der Waals surface area contributed by atoms with E-state index >= 15 is 0 Å². The molecule has 6 nitrogen and oxygen atoms in total. The molecule has 1 fully saturated rings. The summed E-state index contributed by atoms with van der Waals surface area (Å²) in [6.45, 7) is 1.73. The Balaban J connectivity index is 1.94. The fourth-order valence-corrected chi connectivity index (χ4v) is 2.02. The van der Waals surface area contributed by atoms with Gasteiger partial charge in [0.2, 0.25) is 5.91 Å². The maximum absolute atomic E-state index is 12.1. The molecule has 0 radical (unpaired) electrons. The summed E-state index contributed by atoms with van der Waals surface area (Å²) in [5.74, 6) is -0.564. The minimum absolute atomic E-state index is 0.00313. The normalized spacial score (nSPS) is 14.8. The Morgan fingerprint density at radius 3 is 2.68 bits per heavy atom. The minimum atomic E-state index is -0.377. The number of hydrogen-bond acceptors (Lipinski definition) is 4. The van der Waals surface area contributed by atoms with Crippen molar-refractivity contribution in [3.8, 4) is 0 Å². The summed E-state index contributed by atoms with van der Waals surface area (Å²) in [7, 11) is 1.31. The quantitative estimate of drug-likeness (QED) is 0.784. The van der Waals surface area contributed by atoms with E-state index in [1.807, 2.05) is 0 Å². The second-order valence-electron chi connectivity index (χ2n) is 5.50. The van der Waals surface area contributed by atoms with Crippen LogP contribution in [0.3, 0.4) is 0 Å². The first-order valence-electron chi connectivity index (χ1n) is 7.28. The number of ether oxygens (including phenoxy) is 1. The lowest BCUT2D eigenvalue weighted by molar-refractivity contribution is -0.141. The average Bonchev–Trinajstić information content (AvgIpc) is 3.31. The Kier molecular flexibility index (Phi) is 5.14. The van der Waals surface area contributed by atoms with Gasteiger partial charge in [-0.3, -0.25) is 14.4 Å². The summed E-state index contributed by atoms with van der Waals surface area (Å²) in [5.41, 5.74) is 1.04. The number of nitrogens with one attached hydrogen (secondary N) is 2. The number of methoxy groups -OCH3 is 1. The van der Waals surface area contributed by atoms with Crippen LogP contribution in [0.1, 0.15) is 36.5 Å². The van der Waals surface area contributed by atoms with Crippen LogP contribution in [-0.2, 0) is 14.3 Å². The van der Waals surface area contributed by atoms with Gasteiger partial charge in [0.05, 0.1) is 13.5 Å². The second-order valence-corrected chi connectivity index (χ2v) is 5.50. The summed E-state index contributed by atoms with van der Waals surface area (Å²) in [5, 5.41) is 5.53. The highest BCUT2D eigenvalue weighted by atomic mass is 16.5. The molecular weight excluding hydrogens is 284 g/mol. The number of carbonyl (C=O) groups is 3. The lowest BCUT2D eigenvalue weighted by atomic mass is 10.1. The molecule has 1 aliphatic rings. The number of carbonyl (C=O) groups excluding carboxylic acids is 3. The van der Waals surface area contributed by atoms with Gasteiger partial charge >= 0.3 is 5.97 Å². The first-order valence-corrected chi connectivity index (χ1v) is 7.28. The largest absolute Gasteiger partial charge is 0.469 e. The number of benzene rings is 1. The Bertz CT molecular complexity index is 581. The van der Waals surface area contributed by atoms with Gasteiger partial charge in [-0.1, -0.05) is 6.07 Å². The SMILES string of the molecule is COC(=O)CC(C)NC(=O)c1cccc(NC(=O)C2CC2)c1. The van der Waals surface area contributed by atoms with E-state index < -0.39 is 0 Å². The number of anilines is 1. The van der Waals surface area contributed by atoms with E-state index in [-0.39, 0.29) is 36.2 Å². The number of hydrogen-bond donors (Lipinski definition) is 2. The Morgan fingerprint density at radius 1 is 1.32 bits per heavy atom. The summed E-state index contributed by atoms with van der Waals surface area (Å²) >= 11 is 0. The fourth-order valence-electron chi connectivity index (χ4n) is 2.02. The highest BCUT2D eigenvalue weighted by Gasteiger charge is 2.29. The van der Waals surface area contributed by atoms with Crippen LogP contribution in [0.4, 0.5) is 5.69 Å². The smallest absolute Gasteiger partial charge is 0.307 e. The predicted molar refractivity (Wildman–Crippen MR) is 81.4 cm³/mol. The lowest BCUT2D eigenvalue weighted by Gasteiger charge is -2.13. The van der Waals surface area contributed by atoms with Crippen molar-refractivity contribution >= 4 is 23.5 Å². The molecule has 0 bridgehead atoms. The van der Waals surface area contributed by atoms with E-state index in [1.54, 1.807) is 31.2 Å². The molecule has 1 saturated carbocycles. The van der Waals surface area contributed by atoms with E-state index in [0.29, 0.717) is 11.3 Å². The van der Waals surface area contributed by atoms with Crippen LogP contribution in [0.5, 0.6) is 0 Å². The Labute approximate surface area is 129 Å². The molecule has 2 rings (SSSR count). The predicted octanol–water partition coefficient (Wildman–Crippen LogP) is 1.72. The molecule has 1 aromatic carbocycles. The standard InChI is InChI=1S/C16H20N2O4/c1-10(8-14(19)22-2)17-16(21)12-4-3-5-13(9-12)18-15(20)11-6-7-11/h3-5,9-11H,6-8H2,1-2H3,(H,17,21)(H,18,20). The summed E-state index contributed by atoms with van der Waals surface area (Å²) < 4.78 is 4.56. The third-order valence-electron chi connectivity index (χ3n) is 3.42. The van der Waals surface area contributed by atoms with Crippen molar-refractivity contribution < 1.29 is 19.1 Å². The Hall–Kier alpha value is -2.37. The van der Waals surface area contributed by atoms with Crippen molar-refractivity contribution in [2.75, 3.05) is 12.4 Å². The second kappa shape index (κ2) is 7.06. The Morgan fingerprint density at radius 2 is 2.05 bits per heavy atom. The maximum Gasteiger partial charge on any atom is 0.307 e. The van der Waals surface area contributed by atoms with E-state index in [0.717, 1.165) is 12.8 Å². The van der Waals surface area contributed by atoms with Crippen LogP contribution in [-0.4, -0.2) is 30.9 Å². The summed E-state index contributed by atoms with van der Waals surface area (Å²) in [4.78, 5) is 35.0. The minimum Gasteiger partial charge on any atom is -0.469 e. The van der Waals surface area contributed by atoms with Gasteiger partial charge in [0.1, 0.15) is 0 Å². The zero-order chi connectivity index (χ0) is 16.1. The summed E-state index contributed by atoms with van der Waals surface area (Å²) in [6, 6.07) is 6.41. The average molecular weight is 304 g/mol. The molecule has 0 saturated heterocycles. The van der Waals surface area contributed by atoms with Gasteiger partial charge in [-0.25, -0.2) is 0 Å². The molecular formula is C16H20N2O4. The highest BCUT2D eigenvalue weighted by molar-refractivity contribution is 5.98. The van der Waals surface area contributed by atoms with Gasteiger partial charge < -0.3 is 15.4 Å². The van der Waals surface area contributed by atoms with Gasteiger partial charge in [-0.05, 0) is 38.0 Å². The van der Waals surface area contributed by atoms with Gasteiger partial charge in [-0.2, -0.15) is 0 Å². The molecule has 0 heterocycles. The molecule has 0 aromatic heterocycles. The van der Waals surface area contributed by atoms with Crippen molar-refractivity contribution in [2.45, 2.75) is 32.2 Å². The molecule has 0 spiro atoms. The zero-order valence-corrected chi connectivity index (χ0v) is 12.7. The third kappa shape index (κ3) is 4.58. The number of amides is 2. The van der Waals surface area contributed by atoms with Crippen LogP contribution >= 0.6 is 0 Å². The van der Waals surface area contributed by atoms with Gasteiger partial charge in [0.25, 0.3) is 5.91 Å². The van der Waals surface area contributed by atoms with E-state index in [1.165, 1.54) is 7.11 Å². The van der Waals surface area contributed by atoms with Crippen LogP contribution in [0.25, 0.3) is 0 Å². The van der Waals surface area contributed by atoms with Crippen molar-refractivity contribution in [1.29, 1.82) is 0 Å². The molecule has 6 heteroatoms. The zero-order valence-electron chi connectivity index (χ0n) is 12.7. The van der Waals surface area contributed by atoms with Crippen LogP contribution in [0.15, 0.2) is 24.3 Å². The first kappa shape index (κ1) is 16.0. The van der Waals surface area contributed by atoms with E-state index in [9.17, 15) is 14.4 Å². The van der Waals surface area contributed by atoms with Gasteiger partial charge in [0.15, 0.2) is 0 Å². The van der Waals surface area contributed by atoms with Crippen molar-refractivity contribution in [3.05, 3.63) is 29.8 Å². The molecule has 0 aliphatic heterocycles. The van der Waals surface area contributed by atoms with Crippen LogP contribution in [0.2, 0.25) is 0 Å². The molecule has 1 aromatic rings. The molecule has 22 heavy (non-hydrogen) atoms. The topological polar surface area (TPSA) is 84.5 Å². The maximum atomic E-state index is 12.1. The first-order chi connectivity index (χ1) is 10.5. The molecule has 2 amide bonds. The number of esters is 1. The lowest BCUT2D eigenvalue weighted by Crippen LogP contribution is -2.34. The monoisotopic (exact) mass is 304 g/mol.